The van der Waals surface area contributed by atoms with Gasteiger partial charge < -0.3 is 14.6 Å². The van der Waals surface area contributed by atoms with E-state index < -0.39 is 0 Å². The summed E-state index contributed by atoms with van der Waals surface area (Å²) >= 11 is 0. The highest BCUT2D eigenvalue weighted by molar-refractivity contribution is 5.92. The number of aryl methyl sites for hydroxylation is 3. The van der Waals surface area contributed by atoms with Gasteiger partial charge in [-0.05, 0) is 70.5 Å². The molecule has 4 nitrogen and oxygen atoms in total. The van der Waals surface area contributed by atoms with Gasteiger partial charge in [0, 0.05) is 24.5 Å². The zero-order valence-electron chi connectivity index (χ0n) is 16.9. The summed E-state index contributed by atoms with van der Waals surface area (Å²) in [5.41, 5.74) is 5.11. The van der Waals surface area contributed by atoms with Gasteiger partial charge in [0.2, 0.25) is 0 Å². The standard InChI is InChI=1S/C23H32N2O2/c1-17-18(2)24-19(3)22(17)23(26)27-21-12-15-25(16-13-21)14-8-7-11-20-9-5-4-6-10-20/h4-6,9-10,21,24H,7-8,11-16H2,1-3H3. The Hall–Kier alpha value is -2.07. The van der Waals surface area contributed by atoms with Crippen LogP contribution in [0.2, 0.25) is 0 Å². The van der Waals surface area contributed by atoms with Crippen molar-refractivity contribution < 1.29 is 9.53 Å². The topological polar surface area (TPSA) is 45.3 Å². The van der Waals surface area contributed by atoms with E-state index >= 15 is 0 Å². The SMILES string of the molecule is Cc1[nH]c(C)c(C(=O)OC2CCN(CCCCc3ccccc3)CC2)c1C. The maximum absolute atomic E-state index is 12.5. The zero-order chi connectivity index (χ0) is 19.2. The number of ether oxygens (including phenoxy) is 1. The van der Waals surface area contributed by atoms with Gasteiger partial charge in [0.1, 0.15) is 6.10 Å². The van der Waals surface area contributed by atoms with Crippen LogP contribution in [-0.2, 0) is 11.2 Å². The molecule has 0 bridgehead atoms. The molecule has 146 valence electrons. The van der Waals surface area contributed by atoms with Crippen LogP contribution < -0.4 is 0 Å². The van der Waals surface area contributed by atoms with Crippen molar-refractivity contribution in [3.05, 3.63) is 58.4 Å². The number of nitrogens with one attached hydrogen (secondary N) is 1. The molecule has 4 heteroatoms. The lowest BCUT2D eigenvalue weighted by Gasteiger charge is -2.31. The van der Waals surface area contributed by atoms with Crippen LogP contribution in [0.5, 0.6) is 0 Å². The van der Waals surface area contributed by atoms with Gasteiger partial charge in [-0.2, -0.15) is 0 Å². The molecule has 1 aliphatic heterocycles. The van der Waals surface area contributed by atoms with Crippen LogP contribution in [0.25, 0.3) is 0 Å². The van der Waals surface area contributed by atoms with Crippen molar-refractivity contribution >= 4 is 5.97 Å². The number of rotatable bonds is 7. The molecule has 0 radical (unpaired) electrons. The summed E-state index contributed by atoms with van der Waals surface area (Å²) in [5, 5.41) is 0. The summed E-state index contributed by atoms with van der Waals surface area (Å²) in [6.07, 6.45) is 5.53. The highest BCUT2D eigenvalue weighted by Gasteiger charge is 2.25. The molecular formula is C23H32N2O2. The Morgan fingerprint density at radius 3 is 2.41 bits per heavy atom. The van der Waals surface area contributed by atoms with Gasteiger partial charge in [0.25, 0.3) is 0 Å². The van der Waals surface area contributed by atoms with E-state index in [1.54, 1.807) is 0 Å². The third-order valence-corrected chi connectivity index (χ3v) is 5.73. The quantitative estimate of drug-likeness (QED) is 0.574. The fourth-order valence-electron chi connectivity index (χ4n) is 3.98. The largest absolute Gasteiger partial charge is 0.459 e. The molecule has 1 fully saturated rings. The average molecular weight is 369 g/mol. The minimum atomic E-state index is -0.171. The van der Waals surface area contributed by atoms with E-state index in [0.717, 1.165) is 61.4 Å². The maximum atomic E-state index is 12.5. The molecule has 1 N–H and O–H groups in total. The predicted molar refractivity (Wildman–Crippen MR) is 109 cm³/mol. The molecule has 0 unspecified atom stereocenters. The molecule has 0 aliphatic carbocycles. The molecular weight excluding hydrogens is 336 g/mol. The number of aromatic amines is 1. The minimum absolute atomic E-state index is 0.0482. The molecule has 1 aromatic heterocycles. The summed E-state index contributed by atoms with van der Waals surface area (Å²) in [7, 11) is 0. The van der Waals surface area contributed by atoms with E-state index in [1.807, 2.05) is 20.8 Å². The maximum Gasteiger partial charge on any atom is 0.340 e. The lowest BCUT2D eigenvalue weighted by atomic mass is 10.1. The van der Waals surface area contributed by atoms with E-state index in [-0.39, 0.29) is 12.1 Å². The molecule has 2 aromatic rings. The van der Waals surface area contributed by atoms with Crippen molar-refractivity contribution in [1.82, 2.24) is 9.88 Å². The number of unbranched alkanes of at least 4 members (excludes halogenated alkanes) is 1. The molecule has 2 heterocycles. The lowest BCUT2D eigenvalue weighted by molar-refractivity contribution is 0.0111. The van der Waals surface area contributed by atoms with Crippen molar-refractivity contribution in [2.24, 2.45) is 0 Å². The zero-order valence-corrected chi connectivity index (χ0v) is 16.9. The van der Waals surface area contributed by atoms with Crippen molar-refractivity contribution in [3.63, 3.8) is 0 Å². The molecule has 0 atom stereocenters. The highest BCUT2D eigenvalue weighted by atomic mass is 16.5. The second kappa shape index (κ2) is 9.23. The average Bonchev–Trinajstić information content (AvgIpc) is 2.93. The number of likely N-dealkylation sites (tertiary alicyclic amines) is 1. The van der Waals surface area contributed by atoms with Crippen molar-refractivity contribution in [1.29, 1.82) is 0 Å². The first-order valence-corrected chi connectivity index (χ1v) is 10.2. The summed E-state index contributed by atoms with van der Waals surface area (Å²) in [5.74, 6) is -0.171. The number of piperidine rings is 1. The molecule has 0 amide bonds. The molecule has 0 saturated carbocycles. The van der Waals surface area contributed by atoms with E-state index in [4.69, 9.17) is 4.74 Å². The highest BCUT2D eigenvalue weighted by Crippen LogP contribution is 2.21. The lowest BCUT2D eigenvalue weighted by Crippen LogP contribution is -2.38. The van der Waals surface area contributed by atoms with Gasteiger partial charge in [-0.25, -0.2) is 4.79 Å². The second-order valence-corrected chi connectivity index (χ2v) is 7.76. The van der Waals surface area contributed by atoms with Crippen molar-refractivity contribution in [2.45, 2.75) is 59.0 Å². The first-order valence-electron chi connectivity index (χ1n) is 10.2. The van der Waals surface area contributed by atoms with E-state index in [0.29, 0.717) is 0 Å². The molecule has 1 aromatic carbocycles. The smallest absolute Gasteiger partial charge is 0.340 e. The Kier molecular flexibility index (Phi) is 6.73. The van der Waals surface area contributed by atoms with Crippen LogP contribution in [0.3, 0.4) is 0 Å². The van der Waals surface area contributed by atoms with E-state index in [9.17, 15) is 4.79 Å². The van der Waals surface area contributed by atoms with Gasteiger partial charge in [-0.1, -0.05) is 30.3 Å². The summed E-state index contributed by atoms with van der Waals surface area (Å²) in [6, 6.07) is 10.7. The Morgan fingerprint density at radius 1 is 1.07 bits per heavy atom. The van der Waals surface area contributed by atoms with Gasteiger partial charge in [0.15, 0.2) is 0 Å². The van der Waals surface area contributed by atoms with Crippen LogP contribution in [0.15, 0.2) is 30.3 Å². The molecule has 0 spiro atoms. The monoisotopic (exact) mass is 368 g/mol. The predicted octanol–water partition coefficient (Wildman–Crippen LogP) is 4.58. The summed E-state index contributed by atoms with van der Waals surface area (Å²) in [6.45, 7) is 9.10. The molecule has 27 heavy (non-hydrogen) atoms. The number of H-pyrrole nitrogens is 1. The third kappa shape index (κ3) is 5.23. The molecule has 1 aliphatic rings. The van der Waals surface area contributed by atoms with Gasteiger partial charge in [-0.3, -0.25) is 0 Å². The number of benzene rings is 1. The fourth-order valence-corrected chi connectivity index (χ4v) is 3.98. The van der Waals surface area contributed by atoms with Gasteiger partial charge >= 0.3 is 5.97 Å². The van der Waals surface area contributed by atoms with Gasteiger partial charge in [-0.15, -0.1) is 0 Å². The molecule has 1 saturated heterocycles. The number of hydrogen-bond acceptors (Lipinski definition) is 3. The van der Waals surface area contributed by atoms with Crippen LogP contribution in [0.4, 0.5) is 0 Å². The first-order chi connectivity index (χ1) is 13.0. The Bertz CT molecular complexity index is 743. The number of carbonyl (C=O) groups excluding carboxylic acids is 1. The van der Waals surface area contributed by atoms with E-state index in [1.165, 1.54) is 18.4 Å². The van der Waals surface area contributed by atoms with Crippen LogP contribution >= 0.6 is 0 Å². The number of carbonyl (C=O) groups is 1. The minimum Gasteiger partial charge on any atom is -0.459 e. The second-order valence-electron chi connectivity index (χ2n) is 7.76. The van der Waals surface area contributed by atoms with Crippen LogP contribution in [-0.4, -0.2) is 41.6 Å². The van der Waals surface area contributed by atoms with Crippen LogP contribution in [0.1, 0.15) is 58.6 Å². The Balaban J connectivity index is 1.37. The van der Waals surface area contributed by atoms with E-state index in [2.05, 4.69) is 40.2 Å². The van der Waals surface area contributed by atoms with Crippen molar-refractivity contribution in [3.8, 4) is 0 Å². The third-order valence-electron chi connectivity index (χ3n) is 5.73. The summed E-state index contributed by atoms with van der Waals surface area (Å²) in [4.78, 5) is 18.3. The molecule has 3 rings (SSSR count). The number of hydrogen-bond donors (Lipinski definition) is 1. The summed E-state index contributed by atoms with van der Waals surface area (Å²) < 4.78 is 5.80. The number of esters is 1. The Labute approximate surface area is 162 Å². The normalized spacial score (nSPS) is 15.8. The first kappa shape index (κ1) is 19.7. The van der Waals surface area contributed by atoms with Crippen LogP contribution in [0, 0.1) is 20.8 Å². The Morgan fingerprint density at radius 2 is 1.78 bits per heavy atom. The number of nitrogens with zero attached hydrogens (tertiary/aromatic N) is 1. The van der Waals surface area contributed by atoms with Crippen molar-refractivity contribution in [2.75, 3.05) is 19.6 Å². The fraction of sp³-hybridized carbons (Fsp3) is 0.522. The van der Waals surface area contributed by atoms with Gasteiger partial charge in [0.05, 0.1) is 5.56 Å². The number of aromatic nitrogens is 1.